The van der Waals surface area contributed by atoms with Gasteiger partial charge in [0.05, 0.1) is 6.04 Å². The lowest BCUT2D eigenvalue weighted by molar-refractivity contribution is -0.685. The molecule has 3 N–H and O–H groups in total. The SMILES string of the molecule is CCNC(=O)c1cc2c(=O)n3cc(C)ccc3nc2[n+](C2CCCC2)c1N. The minimum Gasteiger partial charge on any atom is -0.352 e. The fraction of sp³-hybridized carbons (Fsp3) is 0.400. The third-order valence-corrected chi connectivity index (χ3v) is 5.31. The van der Waals surface area contributed by atoms with E-state index in [1.807, 2.05) is 30.5 Å². The number of nitrogens with one attached hydrogen (secondary N) is 1. The highest BCUT2D eigenvalue weighted by Gasteiger charge is 2.30. The molecule has 1 aliphatic carbocycles. The van der Waals surface area contributed by atoms with E-state index >= 15 is 0 Å². The van der Waals surface area contributed by atoms with Crippen LogP contribution in [0.3, 0.4) is 0 Å². The van der Waals surface area contributed by atoms with E-state index in [1.165, 1.54) is 4.40 Å². The first kappa shape index (κ1) is 17.5. The molecule has 0 aromatic carbocycles. The van der Waals surface area contributed by atoms with Gasteiger partial charge in [0.25, 0.3) is 17.1 Å². The highest BCUT2D eigenvalue weighted by Crippen LogP contribution is 2.28. The standard InChI is InChI=1S/C20H23N5O2/c1-3-22-19(26)14-10-15-18(25(17(14)21)13-6-4-5-7-13)23-16-9-8-12(2)11-24(16)20(15)27/h8-11,13,21H,3-7H2,1-2H3,(H,22,26)/p+1. The Morgan fingerprint density at radius 3 is 2.81 bits per heavy atom. The number of nitrogen functional groups attached to an aromatic ring is 1. The summed E-state index contributed by atoms with van der Waals surface area (Å²) in [6.07, 6.45) is 5.92. The van der Waals surface area contributed by atoms with Crippen molar-refractivity contribution in [2.24, 2.45) is 0 Å². The van der Waals surface area contributed by atoms with Crippen LogP contribution < -0.4 is 21.2 Å². The van der Waals surface area contributed by atoms with Crippen molar-refractivity contribution in [3.8, 4) is 0 Å². The molecule has 27 heavy (non-hydrogen) atoms. The predicted molar refractivity (Wildman–Crippen MR) is 104 cm³/mol. The molecular weight excluding hydrogens is 342 g/mol. The van der Waals surface area contributed by atoms with Gasteiger partial charge in [0.15, 0.2) is 0 Å². The zero-order valence-electron chi connectivity index (χ0n) is 15.7. The first-order valence-electron chi connectivity index (χ1n) is 9.46. The second kappa shape index (κ2) is 6.64. The highest BCUT2D eigenvalue weighted by atomic mass is 16.1. The number of carbonyl (C=O) groups excluding carboxylic acids is 1. The van der Waals surface area contributed by atoms with Crippen molar-refractivity contribution >= 4 is 28.4 Å². The largest absolute Gasteiger partial charge is 0.352 e. The number of amides is 1. The molecule has 0 spiro atoms. The molecule has 140 valence electrons. The lowest BCUT2D eigenvalue weighted by Gasteiger charge is -2.16. The molecule has 1 fully saturated rings. The first-order valence-corrected chi connectivity index (χ1v) is 9.46. The van der Waals surface area contributed by atoms with Gasteiger partial charge in [-0.3, -0.25) is 14.0 Å². The van der Waals surface area contributed by atoms with Gasteiger partial charge in [0.2, 0.25) is 11.5 Å². The van der Waals surface area contributed by atoms with Gasteiger partial charge >= 0.3 is 0 Å². The Morgan fingerprint density at radius 1 is 1.37 bits per heavy atom. The summed E-state index contributed by atoms with van der Waals surface area (Å²) in [7, 11) is 0. The van der Waals surface area contributed by atoms with Crippen LogP contribution in [-0.4, -0.2) is 21.8 Å². The van der Waals surface area contributed by atoms with E-state index < -0.39 is 0 Å². The third kappa shape index (κ3) is 2.83. The predicted octanol–water partition coefficient (Wildman–Crippen LogP) is 1.89. The van der Waals surface area contributed by atoms with Crippen molar-refractivity contribution in [2.45, 2.75) is 45.6 Å². The minimum absolute atomic E-state index is 0.154. The number of nitrogens with two attached hydrogens (primary N) is 1. The van der Waals surface area contributed by atoms with Gasteiger partial charge in [-0.05, 0) is 57.2 Å². The summed E-state index contributed by atoms with van der Waals surface area (Å²) in [5.74, 6) is 0.112. The molecule has 0 aliphatic heterocycles. The summed E-state index contributed by atoms with van der Waals surface area (Å²) in [6, 6.07) is 5.51. The molecule has 4 rings (SSSR count). The summed E-state index contributed by atoms with van der Waals surface area (Å²) in [5, 5.41) is 3.21. The Balaban J connectivity index is 2.11. The number of fused-ring (bicyclic) bond motifs is 2. The molecule has 0 bridgehead atoms. The first-order chi connectivity index (χ1) is 13.0. The zero-order chi connectivity index (χ0) is 19.1. The molecule has 1 saturated carbocycles. The summed E-state index contributed by atoms with van der Waals surface area (Å²) < 4.78 is 3.45. The van der Waals surface area contributed by atoms with Crippen LogP contribution in [0.15, 0.2) is 29.2 Å². The summed E-state index contributed by atoms with van der Waals surface area (Å²) in [4.78, 5) is 30.5. The third-order valence-electron chi connectivity index (χ3n) is 5.31. The lowest BCUT2D eigenvalue weighted by atomic mass is 10.1. The molecule has 7 heteroatoms. The van der Waals surface area contributed by atoms with E-state index in [2.05, 4.69) is 5.32 Å². The number of hydrogen-bond acceptors (Lipinski definition) is 4. The van der Waals surface area contributed by atoms with Crippen LogP contribution in [0.25, 0.3) is 16.7 Å². The number of anilines is 1. The van der Waals surface area contributed by atoms with Crippen molar-refractivity contribution in [1.82, 2.24) is 14.7 Å². The fourth-order valence-corrected chi connectivity index (χ4v) is 3.99. The van der Waals surface area contributed by atoms with E-state index in [-0.39, 0.29) is 17.5 Å². The number of aryl methyl sites for hydroxylation is 1. The average Bonchev–Trinajstić information content (AvgIpc) is 3.16. The van der Waals surface area contributed by atoms with Crippen LogP contribution in [0.4, 0.5) is 5.82 Å². The van der Waals surface area contributed by atoms with Crippen molar-refractivity contribution in [1.29, 1.82) is 0 Å². The maximum Gasteiger partial charge on any atom is 0.278 e. The average molecular weight is 366 g/mol. The second-order valence-corrected chi connectivity index (χ2v) is 7.20. The van der Waals surface area contributed by atoms with Crippen LogP contribution in [0.2, 0.25) is 0 Å². The topological polar surface area (TPSA) is 93.4 Å². The fourth-order valence-electron chi connectivity index (χ4n) is 3.99. The van der Waals surface area contributed by atoms with Crippen LogP contribution in [0.5, 0.6) is 0 Å². The molecular formula is C20H24N5O2+. The zero-order valence-corrected chi connectivity index (χ0v) is 15.7. The molecule has 0 atom stereocenters. The van der Waals surface area contributed by atoms with E-state index in [0.29, 0.717) is 34.6 Å². The second-order valence-electron chi connectivity index (χ2n) is 7.20. The Kier molecular flexibility index (Phi) is 4.30. The minimum atomic E-state index is -0.266. The van der Waals surface area contributed by atoms with Crippen molar-refractivity contribution in [2.75, 3.05) is 12.3 Å². The molecule has 0 saturated heterocycles. The van der Waals surface area contributed by atoms with E-state index in [9.17, 15) is 9.59 Å². The summed E-state index contributed by atoms with van der Waals surface area (Å²) in [5.41, 5.74) is 8.69. The lowest BCUT2D eigenvalue weighted by Crippen LogP contribution is -2.45. The Labute approximate surface area is 156 Å². The molecule has 3 aromatic heterocycles. The van der Waals surface area contributed by atoms with E-state index in [4.69, 9.17) is 10.7 Å². The molecule has 7 nitrogen and oxygen atoms in total. The Morgan fingerprint density at radius 2 is 2.11 bits per heavy atom. The molecule has 3 heterocycles. The Hall–Kier alpha value is -2.96. The monoisotopic (exact) mass is 366 g/mol. The summed E-state index contributed by atoms with van der Waals surface area (Å²) in [6.45, 7) is 4.28. The van der Waals surface area contributed by atoms with Crippen LogP contribution in [-0.2, 0) is 0 Å². The van der Waals surface area contributed by atoms with Gasteiger partial charge < -0.3 is 11.1 Å². The normalized spacial score (nSPS) is 14.9. The summed E-state index contributed by atoms with van der Waals surface area (Å²) >= 11 is 0. The van der Waals surface area contributed by atoms with Gasteiger partial charge in [0, 0.05) is 12.7 Å². The molecule has 0 unspecified atom stereocenters. The molecule has 0 radical (unpaired) electrons. The number of carbonyl (C=O) groups is 1. The molecule has 1 aliphatic rings. The number of rotatable bonds is 3. The quantitative estimate of drug-likeness (QED) is 0.547. The number of aromatic nitrogens is 3. The van der Waals surface area contributed by atoms with E-state index in [1.54, 1.807) is 12.3 Å². The van der Waals surface area contributed by atoms with E-state index in [0.717, 1.165) is 31.2 Å². The maximum absolute atomic E-state index is 13.2. The van der Waals surface area contributed by atoms with Crippen LogP contribution >= 0.6 is 0 Å². The smallest absolute Gasteiger partial charge is 0.278 e. The van der Waals surface area contributed by atoms with Crippen LogP contribution in [0, 0.1) is 6.92 Å². The van der Waals surface area contributed by atoms with Crippen molar-refractivity contribution in [3.05, 3.63) is 45.9 Å². The Bertz CT molecular complexity index is 1110. The van der Waals surface area contributed by atoms with Crippen LogP contribution in [0.1, 0.15) is 54.6 Å². The molecule has 3 aromatic rings. The van der Waals surface area contributed by atoms with Gasteiger partial charge in [0.1, 0.15) is 10.9 Å². The highest BCUT2D eigenvalue weighted by molar-refractivity contribution is 6.00. The van der Waals surface area contributed by atoms with Gasteiger partial charge in [-0.2, -0.15) is 0 Å². The van der Waals surface area contributed by atoms with Gasteiger partial charge in [-0.25, -0.2) is 4.57 Å². The maximum atomic E-state index is 13.2. The number of hydrogen-bond donors (Lipinski definition) is 2. The number of nitrogens with zero attached hydrogens (tertiary/aromatic N) is 3. The van der Waals surface area contributed by atoms with Crippen molar-refractivity contribution < 1.29 is 9.36 Å². The molecule has 1 amide bonds. The van der Waals surface area contributed by atoms with Crippen molar-refractivity contribution in [3.63, 3.8) is 0 Å². The van der Waals surface area contributed by atoms with Gasteiger partial charge in [-0.15, -0.1) is 0 Å². The number of pyridine rings is 2. The van der Waals surface area contributed by atoms with Gasteiger partial charge in [-0.1, -0.05) is 11.1 Å².